The molecule has 2 rings (SSSR count). The highest BCUT2D eigenvalue weighted by molar-refractivity contribution is 9.10. The number of hydrogen-bond donors (Lipinski definition) is 1. The van der Waals surface area contributed by atoms with Gasteiger partial charge in [-0.15, -0.1) is 0 Å². The Morgan fingerprint density at radius 1 is 1.16 bits per heavy atom. The van der Waals surface area contributed by atoms with Crippen molar-refractivity contribution in [2.24, 2.45) is 0 Å². The van der Waals surface area contributed by atoms with E-state index in [1.54, 1.807) is 6.07 Å². The van der Waals surface area contributed by atoms with Gasteiger partial charge in [-0.05, 0) is 59.1 Å². The molecular weight excluding hydrogens is 305 g/mol. The molecule has 0 heterocycles. The smallest absolute Gasteiger partial charge is 0.137 e. The molecule has 0 saturated heterocycles. The summed E-state index contributed by atoms with van der Waals surface area (Å²) in [7, 11) is 1.90. The van der Waals surface area contributed by atoms with Crippen molar-refractivity contribution in [2.45, 2.75) is 19.4 Å². The van der Waals surface area contributed by atoms with Crippen molar-refractivity contribution < 1.29 is 4.39 Å². The molecule has 1 atom stereocenters. The first-order valence-corrected chi connectivity index (χ1v) is 7.08. The van der Waals surface area contributed by atoms with Crippen molar-refractivity contribution in [3.05, 3.63) is 69.4 Å². The van der Waals surface area contributed by atoms with Gasteiger partial charge in [0.05, 0.1) is 4.47 Å². The van der Waals surface area contributed by atoms with Gasteiger partial charge in [-0.3, -0.25) is 0 Å². The number of nitrogens with one attached hydrogen (secondary N) is 1. The van der Waals surface area contributed by atoms with E-state index < -0.39 is 0 Å². The topological polar surface area (TPSA) is 12.0 Å². The molecular formula is C16H17BrFN. The highest BCUT2D eigenvalue weighted by Gasteiger charge is 2.16. The van der Waals surface area contributed by atoms with Crippen molar-refractivity contribution in [3.63, 3.8) is 0 Å². The summed E-state index contributed by atoms with van der Waals surface area (Å²) in [6.45, 7) is 2.10. The van der Waals surface area contributed by atoms with Gasteiger partial charge in [0.15, 0.2) is 0 Å². The minimum Gasteiger partial charge on any atom is -0.313 e. The fraction of sp³-hybridized carbons (Fsp3) is 0.250. The summed E-state index contributed by atoms with van der Waals surface area (Å²) in [6, 6.07) is 13.5. The van der Waals surface area contributed by atoms with Crippen LogP contribution in [-0.2, 0) is 6.42 Å². The molecule has 1 unspecified atom stereocenters. The van der Waals surface area contributed by atoms with E-state index in [-0.39, 0.29) is 11.9 Å². The second-order valence-electron chi connectivity index (χ2n) is 4.61. The van der Waals surface area contributed by atoms with Crippen molar-refractivity contribution in [1.29, 1.82) is 0 Å². The number of likely N-dealkylation sites (N-methyl/N-ethyl adjacent to an activating group) is 1. The van der Waals surface area contributed by atoms with Crippen LogP contribution < -0.4 is 5.32 Å². The normalized spacial score (nSPS) is 12.4. The molecule has 0 aliphatic rings. The lowest BCUT2D eigenvalue weighted by Gasteiger charge is -2.19. The van der Waals surface area contributed by atoms with Crippen molar-refractivity contribution >= 4 is 15.9 Å². The summed E-state index contributed by atoms with van der Waals surface area (Å²) in [5.74, 6) is -0.220. The number of benzene rings is 2. The third kappa shape index (κ3) is 3.23. The molecule has 19 heavy (non-hydrogen) atoms. The van der Waals surface area contributed by atoms with Crippen LogP contribution in [0.25, 0.3) is 0 Å². The Kier molecular flexibility index (Phi) is 4.72. The molecule has 3 heteroatoms. The van der Waals surface area contributed by atoms with Gasteiger partial charge in [-0.25, -0.2) is 4.39 Å². The highest BCUT2D eigenvalue weighted by atomic mass is 79.9. The summed E-state index contributed by atoms with van der Waals surface area (Å²) >= 11 is 3.34. The minimum absolute atomic E-state index is 0.0891. The van der Waals surface area contributed by atoms with E-state index in [4.69, 9.17) is 0 Å². The van der Waals surface area contributed by atoms with Crippen molar-refractivity contribution in [2.75, 3.05) is 7.05 Å². The van der Waals surface area contributed by atoms with Crippen LogP contribution in [0.4, 0.5) is 4.39 Å². The molecule has 0 aliphatic carbocycles. The second-order valence-corrected chi connectivity index (χ2v) is 5.41. The van der Waals surface area contributed by atoms with E-state index in [1.807, 2.05) is 25.2 Å². The van der Waals surface area contributed by atoms with Crippen molar-refractivity contribution in [3.8, 4) is 0 Å². The summed E-state index contributed by atoms with van der Waals surface area (Å²) in [5.41, 5.74) is 3.49. The first-order valence-electron chi connectivity index (χ1n) is 6.29. The monoisotopic (exact) mass is 321 g/mol. The predicted octanol–water partition coefficient (Wildman–Crippen LogP) is 4.40. The molecule has 0 spiro atoms. The molecule has 0 saturated carbocycles. The number of hydrogen-bond acceptors (Lipinski definition) is 1. The zero-order chi connectivity index (χ0) is 13.8. The van der Waals surface area contributed by atoms with E-state index in [0.717, 1.165) is 12.0 Å². The summed E-state index contributed by atoms with van der Waals surface area (Å²) in [5, 5.41) is 3.27. The Morgan fingerprint density at radius 3 is 2.58 bits per heavy atom. The standard InChI is InChI=1S/C16H17BrFN/c1-11-6-3-4-7-12(11)10-15(19-2)13-8-5-9-14(18)16(13)17/h3-9,15,19H,10H2,1-2H3. The lowest BCUT2D eigenvalue weighted by Crippen LogP contribution is -2.20. The molecule has 0 radical (unpaired) electrons. The SMILES string of the molecule is CNC(Cc1ccccc1C)c1cccc(F)c1Br. The molecule has 2 aromatic carbocycles. The Labute approximate surface area is 122 Å². The average molecular weight is 322 g/mol. The van der Waals surface area contributed by atoms with Gasteiger partial charge >= 0.3 is 0 Å². The number of halogens is 2. The van der Waals surface area contributed by atoms with Crippen LogP contribution in [0.3, 0.4) is 0 Å². The van der Waals surface area contributed by atoms with E-state index in [2.05, 4.69) is 40.3 Å². The largest absolute Gasteiger partial charge is 0.313 e. The third-order valence-electron chi connectivity index (χ3n) is 3.39. The zero-order valence-electron chi connectivity index (χ0n) is 11.1. The Morgan fingerprint density at radius 2 is 1.89 bits per heavy atom. The Bertz CT molecular complexity index is 568. The molecule has 0 bridgehead atoms. The van der Waals surface area contributed by atoms with E-state index >= 15 is 0 Å². The number of aryl methyl sites for hydroxylation is 1. The average Bonchev–Trinajstić information content (AvgIpc) is 2.41. The van der Waals surface area contributed by atoms with E-state index in [1.165, 1.54) is 17.2 Å². The van der Waals surface area contributed by atoms with Crippen LogP contribution in [0.15, 0.2) is 46.9 Å². The van der Waals surface area contributed by atoms with Gasteiger partial charge in [-0.2, -0.15) is 0 Å². The fourth-order valence-electron chi connectivity index (χ4n) is 2.22. The molecule has 0 aromatic heterocycles. The van der Waals surface area contributed by atoms with Gasteiger partial charge < -0.3 is 5.32 Å². The lowest BCUT2D eigenvalue weighted by molar-refractivity contribution is 0.570. The minimum atomic E-state index is -0.220. The first kappa shape index (κ1) is 14.2. The fourth-order valence-corrected chi connectivity index (χ4v) is 2.76. The van der Waals surface area contributed by atoms with Gasteiger partial charge in [0.1, 0.15) is 5.82 Å². The van der Waals surface area contributed by atoms with Gasteiger partial charge in [-0.1, -0.05) is 36.4 Å². The van der Waals surface area contributed by atoms with Crippen LogP contribution in [-0.4, -0.2) is 7.05 Å². The molecule has 1 nitrogen and oxygen atoms in total. The lowest BCUT2D eigenvalue weighted by atomic mass is 9.96. The van der Waals surface area contributed by atoms with Crippen LogP contribution in [0.5, 0.6) is 0 Å². The van der Waals surface area contributed by atoms with Gasteiger partial charge in [0.25, 0.3) is 0 Å². The maximum Gasteiger partial charge on any atom is 0.137 e. The van der Waals surface area contributed by atoms with E-state index in [0.29, 0.717) is 4.47 Å². The highest BCUT2D eigenvalue weighted by Crippen LogP contribution is 2.28. The van der Waals surface area contributed by atoms with Crippen LogP contribution in [0.1, 0.15) is 22.7 Å². The molecule has 0 aliphatic heterocycles. The molecule has 1 N–H and O–H groups in total. The predicted molar refractivity (Wildman–Crippen MR) is 80.8 cm³/mol. The summed E-state index contributed by atoms with van der Waals surface area (Å²) in [4.78, 5) is 0. The van der Waals surface area contributed by atoms with Crippen LogP contribution >= 0.6 is 15.9 Å². The molecule has 0 fully saturated rings. The van der Waals surface area contributed by atoms with Gasteiger partial charge in [0, 0.05) is 6.04 Å². The number of rotatable bonds is 4. The zero-order valence-corrected chi connectivity index (χ0v) is 12.7. The van der Waals surface area contributed by atoms with Crippen molar-refractivity contribution in [1.82, 2.24) is 5.32 Å². The Hall–Kier alpha value is -1.19. The van der Waals surface area contributed by atoms with E-state index in [9.17, 15) is 4.39 Å². The summed E-state index contributed by atoms with van der Waals surface area (Å²) < 4.78 is 14.2. The maximum atomic E-state index is 13.6. The van der Waals surface area contributed by atoms with Gasteiger partial charge in [0.2, 0.25) is 0 Å². The maximum absolute atomic E-state index is 13.6. The first-order chi connectivity index (χ1) is 9.13. The second kappa shape index (κ2) is 6.31. The van der Waals surface area contributed by atoms with Crippen LogP contribution in [0.2, 0.25) is 0 Å². The van der Waals surface area contributed by atoms with Crippen LogP contribution in [0, 0.1) is 12.7 Å². The quantitative estimate of drug-likeness (QED) is 0.880. The summed E-state index contributed by atoms with van der Waals surface area (Å²) in [6.07, 6.45) is 0.839. The molecule has 0 amide bonds. The Balaban J connectivity index is 2.31. The molecule has 100 valence electrons. The molecule has 2 aromatic rings. The third-order valence-corrected chi connectivity index (χ3v) is 4.23.